The number of benzene rings is 1. The van der Waals surface area contributed by atoms with Crippen molar-refractivity contribution in [2.24, 2.45) is 5.92 Å². The lowest BCUT2D eigenvalue weighted by Crippen LogP contribution is -2.46. The normalized spacial score (nSPS) is 30.0. The van der Waals surface area contributed by atoms with Crippen LogP contribution in [0.1, 0.15) is 24.8 Å². The Labute approximate surface area is 101 Å². The summed E-state index contributed by atoms with van der Waals surface area (Å²) in [7, 11) is 2.01. The molecule has 0 heterocycles. The lowest BCUT2D eigenvalue weighted by atomic mass is 9.67. The van der Waals surface area contributed by atoms with Crippen LogP contribution in [0.25, 0.3) is 0 Å². The fourth-order valence-corrected chi connectivity index (χ4v) is 2.83. The summed E-state index contributed by atoms with van der Waals surface area (Å²) in [5.74, 6) is 1.18. The van der Waals surface area contributed by atoms with Crippen molar-refractivity contribution in [3.63, 3.8) is 0 Å². The van der Waals surface area contributed by atoms with Gasteiger partial charge in [-0.25, -0.2) is 0 Å². The van der Waals surface area contributed by atoms with Gasteiger partial charge in [0.15, 0.2) is 0 Å². The molecule has 0 amide bonds. The Bertz CT molecular complexity index is 365. The first kappa shape index (κ1) is 11.3. The van der Waals surface area contributed by atoms with Crippen LogP contribution >= 0.6 is 23.2 Å². The van der Waals surface area contributed by atoms with Crippen molar-refractivity contribution in [3.8, 4) is 0 Å². The Morgan fingerprint density at radius 2 is 2.07 bits per heavy atom. The van der Waals surface area contributed by atoms with E-state index in [2.05, 4.69) is 18.3 Å². The summed E-state index contributed by atoms with van der Waals surface area (Å²) in [6.07, 6.45) is 1.15. The minimum Gasteiger partial charge on any atom is -0.317 e. The zero-order chi connectivity index (χ0) is 11.0. The van der Waals surface area contributed by atoms with Crippen LogP contribution in [-0.2, 0) is 0 Å². The average Bonchev–Trinajstić information content (AvgIpc) is 2.23. The van der Waals surface area contributed by atoms with E-state index in [0.29, 0.717) is 22.9 Å². The molecule has 1 N–H and O–H groups in total. The molecule has 0 saturated heterocycles. The topological polar surface area (TPSA) is 12.0 Å². The second-order valence-corrected chi connectivity index (χ2v) is 5.02. The van der Waals surface area contributed by atoms with Gasteiger partial charge in [-0.1, -0.05) is 42.3 Å². The Kier molecular flexibility index (Phi) is 3.24. The summed E-state index contributed by atoms with van der Waals surface area (Å²) >= 11 is 12.2. The van der Waals surface area contributed by atoms with E-state index in [1.165, 1.54) is 5.56 Å². The predicted octanol–water partition coefficient (Wildman–Crippen LogP) is 3.70. The van der Waals surface area contributed by atoms with Crippen LogP contribution in [-0.4, -0.2) is 13.1 Å². The average molecular weight is 244 g/mol. The van der Waals surface area contributed by atoms with Crippen molar-refractivity contribution in [1.29, 1.82) is 0 Å². The summed E-state index contributed by atoms with van der Waals surface area (Å²) in [5, 5.41) is 4.70. The van der Waals surface area contributed by atoms with Gasteiger partial charge in [0, 0.05) is 6.04 Å². The highest BCUT2D eigenvalue weighted by Crippen LogP contribution is 2.45. The van der Waals surface area contributed by atoms with Gasteiger partial charge in [-0.05, 0) is 36.9 Å². The Balaban J connectivity index is 2.22. The quantitative estimate of drug-likeness (QED) is 0.836. The molecule has 0 aromatic heterocycles. The van der Waals surface area contributed by atoms with Gasteiger partial charge in [-0.3, -0.25) is 0 Å². The molecular weight excluding hydrogens is 229 g/mol. The molecule has 1 aliphatic carbocycles. The largest absolute Gasteiger partial charge is 0.317 e. The second-order valence-electron chi connectivity index (χ2n) is 4.24. The third-order valence-corrected chi connectivity index (χ3v) is 4.36. The van der Waals surface area contributed by atoms with Gasteiger partial charge in [-0.15, -0.1) is 0 Å². The Morgan fingerprint density at radius 1 is 1.33 bits per heavy atom. The van der Waals surface area contributed by atoms with Gasteiger partial charge in [-0.2, -0.15) is 0 Å². The maximum Gasteiger partial charge on any atom is 0.0627 e. The molecule has 15 heavy (non-hydrogen) atoms. The van der Waals surface area contributed by atoms with Gasteiger partial charge >= 0.3 is 0 Å². The first-order valence-electron chi connectivity index (χ1n) is 5.26. The lowest BCUT2D eigenvalue weighted by molar-refractivity contribution is 0.194. The number of rotatable bonds is 2. The smallest absolute Gasteiger partial charge is 0.0627 e. The molecule has 1 nitrogen and oxygen atoms in total. The molecule has 0 aliphatic heterocycles. The molecule has 1 aromatic carbocycles. The van der Waals surface area contributed by atoms with Crippen molar-refractivity contribution in [2.75, 3.05) is 7.05 Å². The standard InChI is InChI=1S/C12H15Cl2N/c1-7-9(6-11(7)15-2)8-4-3-5-10(13)12(8)14/h3-5,7,9,11,15H,6H2,1-2H3. The SMILES string of the molecule is CNC1CC(c2cccc(Cl)c2Cl)C1C. The third kappa shape index (κ3) is 1.89. The van der Waals surface area contributed by atoms with E-state index in [9.17, 15) is 0 Å². The molecule has 1 aliphatic rings. The molecule has 82 valence electrons. The van der Waals surface area contributed by atoms with Crippen LogP contribution < -0.4 is 5.32 Å². The van der Waals surface area contributed by atoms with Crippen molar-refractivity contribution in [1.82, 2.24) is 5.32 Å². The van der Waals surface area contributed by atoms with E-state index in [0.717, 1.165) is 11.4 Å². The molecule has 1 aromatic rings. The first-order chi connectivity index (χ1) is 7.15. The highest BCUT2D eigenvalue weighted by atomic mass is 35.5. The van der Waals surface area contributed by atoms with E-state index in [1.807, 2.05) is 19.2 Å². The maximum absolute atomic E-state index is 6.20. The van der Waals surface area contributed by atoms with Crippen LogP contribution in [0.5, 0.6) is 0 Å². The summed E-state index contributed by atoms with van der Waals surface area (Å²) in [5.41, 5.74) is 1.20. The number of nitrogens with one attached hydrogen (secondary N) is 1. The highest BCUT2D eigenvalue weighted by molar-refractivity contribution is 6.42. The molecule has 0 bridgehead atoms. The van der Waals surface area contributed by atoms with Gasteiger partial charge in [0.25, 0.3) is 0 Å². The zero-order valence-corrected chi connectivity index (χ0v) is 10.4. The molecule has 0 radical (unpaired) electrons. The molecule has 3 heteroatoms. The molecule has 3 atom stereocenters. The molecule has 0 spiro atoms. The first-order valence-corrected chi connectivity index (χ1v) is 6.02. The zero-order valence-electron chi connectivity index (χ0n) is 8.93. The summed E-state index contributed by atoms with van der Waals surface area (Å²) < 4.78 is 0. The monoisotopic (exact) mass is 243 g/mol. The number of hydrogen-bond donors (Lipinski definition) is 1. The maximum atomic E-state index is 6.20. The predicted molar refractivity (Wildman–Crippen MR) is 65.8 cm³/mol. The summed E-state index contributed by atoms with van der Waals surface area (Å²) in [6, 6.07) is 6.52. The van der Waals surface area contributed by atoms with Gasteiger partial charge in [0.05, 0.1) is 10.0 Å². The molecular formula is C12H15Cl2N. The third-order valence-electron chi connectivity index (χ3n) is 3.53. The van der Waals surface area contributed by atoms with Crippen molar-refractivity contribution >= 4 is 23.2 Å². The van der Waals surface area contributed by atoms with Crippen molar-refractivity contribution in [3.05, 3.63) is 33.8 Å². The number of hydrogen-bond acceptors (Lipinski definition) is 1. The molecule has 1 saturated carbocycles. The van der Waals surface area contributed by atoms with Gasteiger partial charge < -0.3 is 5.32 Å². The minimum atomic E-state index is 0.550. The summed E-state index contributed by atoms with van der Waals surface area (Å²) in [6.45, 7) is 2.26. The molecule has 3 unspecified atom stereocenters. The van der Waals surface area contributed by atoms with Crippen LogP contribution in [0.4, 0.5) is 0 Å². The fraction of sp³-hybridized carbons (Fsp3) is 0.500. The van der Waals surface area contributed by atoms with E-state index >= 15 is 0 Å². The van der Waals surface area contributed by atoms with Crippen LogP contribution in [0, 0.1) is 5.92 Å². The summed E-state index contributed by atoms with van der Waals surface area (Å²) in [4.78, 5) is 0. The molecule has 2 rings (SSSR count). The van der Waals surface area contributed by atoms with E-state index in [1.54, 1.807) is 0 Å². The van der Waals surface area contributed by atoms with Gasteiger partial charge in [0.2, 0.25) is 0 Å². The number of halogens is 2. The van der Waals surface area contributed by atoms with Crippen LogP contribution in [0.2, 0.25) is 10.0 Å². The minimum absolute atomic E-state index is 0.550. The second kappa shape index (κ2) is 4.32. The highest BCUT2D eigenvalue weighted by Gasteiger charge is 2.38. The fourth-order valence-electron chi connectivity index (χ4n) is 2.39. The van der Waals surface area contributed by atoms with E-state index in [-0.39, 0.29) is 0 Å². The van der Waals surface area contributed by atoms with Crippen LogP contribution in [0.15, 0.2) is 18.2 Å². The molecule has 1 fully saturated rings. The van der Waals surface area contributed by atoms with Crippen LogP contribution in [0.3, 0.4) is 0 Å². The lowest BCUT2D eigenvalue weighted by Gasteiger charge is -2.43. The van der Waals surface area contributed by atoms with Crippen molar-refractivity contribution < 1.29 is 0 Å². The van der Waals surface area contributed by atoms with Crippen molar-refractivity contribution in [2.45, 2.75) is 25.3 Å². The Morgan fingerprint density at radius 3 is 2.67 bits per heavy atom. The van der Waals surface area contributed by atoms with E-state index < -0.39 is 0 Å². The van der Waals surface area contributed by atoms with E-state index in [4.69, 9.17) is 23.2 Å². The van der Waals surface area contributed by atoms with Gasteiger partial charge in [0.1, 0.15) is 0 Å². The Hall–Kier alpha value is -0.240.